The van der Waals surface area contributed by atoms with Gasteiger partial charge in [-0.2, -0.15) is 0 Å². The minimum absolute atomic E-state index is 0.112. The van der Waals surface area contributed by atoms with Gasteiger partial charge in [0.15, 0.2) is 6.29 Å². The molecule has 2 rings (SSSR count). The molecule has 0 radical (unpaired) electrons. The number of carboxylic acid groups (broad SMARTS) is 1. The first-order chi connectivity index (χ1) is 10.7. The minimum Gasteiger partial charge on any atom is -0.483 e. The van der Waals surface area contributed by atoms with Crippen LogP contribution in [-0.2, 0) is 20.7 Å². The molecule has 0 spiro atoms. The number of anilines is 1. The van der Waals surface area contributed by atoms with Gasteiger partial charge in [-0.1, -0.05) is 26.0 Å². The number of rotatable bonds is 5. The molecule has 0 bridgehead atoms. The van der Waals surface area contributed by atoms with Crippen LogP contribution in [0.1, 0.15) is 26.3 Å². The molecule has 1 unspecified atom stereocenters. The fourth-order valence-corrected chi connectivity index (χ4v) is 1.86. The van der Waals surface area contributed by atoms with Gasteiger partial charge in [0.1, 0.15) is 0 Å². The predicted octanol–water partition coefficient (Wildman–Crippen LogP) is 2.09. The van der Waals surface area contributed by atoms with Crippen molar-refractivity contribution in [3.8, 4) is 0 Å². The average molecular weight is 312 g/mol. The summed E-state index contributed by atoms with van der Waals surface area (Å²) in [6, 6.07) is 8.53. The Hall–Kier alpha value is -1.63. The molecule has 0 amide bonds. The summed E-state index contributed by atoms with van der Waals surface area (Å²) < 4.78 is 10.7. The lowest BCUT2D eigenvalue weighted by Gasteiger charge is -2.12. The molecule has 22 heavy (non-hydrogen) atoms. The number of ether oxygens (including phenoxy) is 2. The highest BCUT2D eigenvalue weighted by Gasteiger charge is 2.14. The van der Waals surface area contributed by atoms with Crippen LogP contribution in [0.4, 0.5) is 5.69 Å². The van der Waals surface area contributed by atoms with E-state index in [1.54, 1.807) is 0 Å². The summed E-state index contributed by atoms with van der Waals surface area (Å²) in [5.74, 6) is 0. The van der Waals surface area contributed by atoms with Crippen LogP contribution in [0.25, 0.3) is 0 Å². The Balaban J connectivity index is 0.000000789. The van der Waals surface area contributed by atoms with Gasteiger partial charge in [0, 0.05) is 11.7 Å². The number of hydrogen-bond acceptors (Lipinski definition) is 5. The first-order valence-electron chi connectivity index (χ1n) is 7.55. The van der Waals surface area contributed by atoms with Crippen molar-refractivity contribution in [3.05, 3.63) is 29.8 Å². The van der Waals surface area contributed by atoms with Crippen LogP contribution in [0.15, 0.2) is 24.3 Å². The van der Waals surface area contributed by atoms with E-state index in [9.17, 15) is 0 Å². The second-order valence-electron chi connectivity index (χ2n) is 4.54. The second kappa shape index (κ2) is 13.1. The topological polar surface area (TPSA) is 93.8 Å². The summed E-state index contributed by atoms with van der Waals surface area (Å²) in [5.41, 5.74) is 8.10. The summed E-state index contributed by atoms with van der Waals surface area (Å²) in [6.07, 6.45) is 0.800. The van der Waals surface area contributed by atoms with Crippen molar-refractivity contribution >= 4 is 12.2 Å². The van der Waals surface area contributed by atoms with Gasteiger partial charge in [0.2, 0.25) is 0 Å². The van der Waals surface area contributed by atoms with Gasteiger partial charge in [0.25, 0.3) is 6.47 Å². The Bertz CT molecular complexity index is 376. The van der Waals surface area contributed by atoms with Crippen molar-refractivity contribution in [3.63, 3.8) is 0 Å². The fourth-order valence-electron chi connectivity index (χ4n) is 1.86. The van der Waals surface area contributed by atoms with E-state index in [0.717, 1.165) is 12.1 Å². The third-order valence-electron chi connectivity index (χ3n) is 2.68. The Labute approximate surface area is 132 Å². The number of nitrogens with two attached hydrogens (primary N) is 1. The van der Waals surface area contributed by atoms with Crippen molar-refractivity contribution in [2.75, 3.05) is 25.1 Å². The van der Waals surface area contributed by atoms with Crippen molar-refractivity contribution in [1.29, 1.82) is 0 Å². The van der Waals surface area contributed by atoms with E-state index in [4.69, 9.17) is 25.1 Å². The first kappa shape index (κ1) is 20.4. The van der Waals surface area contributed by atoms with Crippen LogP contribution >= 0.6 is 0 Å². The molecule has 1 fully saturated rings. The van der Waals surface area contributed by atoms with Crippen LogP contribution in [-0.4, -0.2) is 43.7 Å². The maximum atomic E-state index is 8.36. The Kier molecular flexibility index (Phi) is 12.1. The third kappa shape index (κ3) is 9.33. The van der Waals surface area contributed by atoms with E-state index in [1.165, 1.54) is 5.56 Å². The smallest absolute Gasteiger partial charge is 0.290 e. The van der Waals surface area contributed by atoms with Crippen molar-refractivity contribution < 1.29 is 19.4 Å². The van der Waals surface area contributed by atoms with Crippen LogP contribution in [0.5, 0.6) is 0 Å². The molecule has 1 aromatic rings. The zero-order valence-electron chi connectivity index (χ0n) is 13.6. The van der Waals surface area contributed by atoms with Gasteiger partial charge in [-0.3, -0.25) is 4.79 Å². The van der Waals surface area contributed by atoms with Crippen LogP contribution in [0, 0.1) is 0 Å². The molecule has 0 aliphatic carbocycles. The highest BCUT2D eigenvalue weighted by molar-refractivity contribution is 5.44. The number of nitrogens with one attached hydrogen (secondary N) is 1. The summed E-state index contributed by atoms with van der Waals surface area (Å²) in [5, 5.41) is 10.2. The van der Waals surface area contributed by atoms with Gasteiger partial charge in [0.05, 0.1) is 19.8 Å². The van der Waals surface area contributed by atoms with Crippen LogP contribution < -0.4 is 11.1 Å². The molecule has 0 saturated carbocycles. The third-order valence-corrected chi connectivity index (χ3v) is 2.68. The highest BCUT2D eigenvalue weighted by atomic mass is 16.7. The Morgan fingerprint density at radius 1 is 1.32 bits per heavy atom. The van der Waals surface area contributed by atoms with Gasteiger partial charge in [-0.25, -0.2) is 0 Å². The molecule has 6 heteroatoms. The summed E-state index contributed by atoms with van der Waals surface area (Å²) in [6.45, 7) is 7.84. The zero-order valence-corrected chi connectivity index (χ0v) is 13.6. The number of benzene rings is 1. The molecule has 1 aromatic carbocycles. The molecule has 126 valence electrons. The van der Waals surface area contributed by atoms with E-state index in [0.29, 0.717) is 19.8 Å². The lowest BCUT2D eigenvalue weighted by molar-refractivity contribution is -0.122. The van der Waals surface area contributed by atoms with Gasteiger partial charge < -0.3 is 25.6 Å². The lowest BCUT2D eigenvalue weighted by atomic mass is 10.1. The molecule has 1 aliphatic heterocycles. The summed E-state index contributed by atoms with van der Waals surface area (Å²) in [4.78, 5) is 8.36. The van der Waals surface area contributed by atoms with Crippen molar-refractivity contribution in [2.45, 2.75) is 39.5 Å². The zero-order chi connectivity index (χ0) is 16.8. The summed E-state index contributed by atoms with van der Waals surface area (Å²) in [7, 11) is 0. The molecule has 1 heterocycles. The van der Waals surface area contributed by atoms with Crippen molar-refractivity contribution in [2.24, 2.45) is 5.73 Å². The monoisotopic (exact) mass is 312 g/mol. The van der Waals surface area contributed by atoms with Crippen molar-refractivity contribution in [1.82, 2.24) is 0 Å². The van der Waals surface area contributed by atoms with Crippen LogP contribution in [0.3, 0.4) is 0 Å². The highest BCUT2D eigenvalue weighted by Crippen LogP contribution is 2.12. The Morgan fingerprint density at radius 3 is 2.27 bits per heavy atom. The fraction of sp³-hybridized carbons (Fsp3) is 0.562. The van der Waals surface area contributed by atoms with E-state index >= 15 is 0 Å². The molecule has 1 saturated heterocycles. The van der Waals surface area contributed by atoms with E-state index in [2.05, 4.69) is 29.6 Å². The summed E-state index contributed by atoms with van der Waals surface area (Å²) >= 11 is 0. The average Bonchev–Trinajstić information content (AvgIpc) is 3.02. The first-order valence-corrected chi connectivity index (χ1v) is 7.55. The molecular formula is C16H28N2O4. The maximum absolute atomic E-state index is 8.36. The number of hydrogen-bond donors (Lipinski definition) is 3. The van der Waals surface area contributed by atoms with E-state index in [1.807, 2.05) is 20.8 Å². The maximum Gasteiger partial charge on any atom is 0.290 e. The molecule has 4 N–H and O–H groups in total. The molecule has 1 aliphatic rings. The predicted molar refractivity (Wildman–Crippen MR) is 88.0 cm³/mol. The van der Waals surface area contributed by atoms with Gasteiger partial charge >= 0.3 is 0 Å². The largest absolute Gasteiger partial charge is 0.483 e. The molecule has 6 nitrogen and oxygen atoms in total. The van der Waals surface area contributed by atoms with E-state index in [-0.39, 0.29) is 18.8 Å². The SMILES string of the molecule is CC.CC(N)Cc1ccc(NCC2OCCO2)cc1.O=CO. The normalized spacial score (nSPS) is 14.9. The minimum atomic E-state index is -0.250. The number of carbonyl (C=O) groups is 1. The van der Waals surface area contributed by atoms with E-state index < -0.39 is 0 Å². The quantitative estimate of drug-likeness (QED) is 0.721. The molecule has 0 aromatic heterocycles. The Morgan fingerprint density at radius 2 is 1.82 bits per heavy atom. The standard InChI is InChI=1S/C13H20N2O2.C2H6.CH2O2/c1-10(14)8-11-2-4-12(5-3-11)15-9-13-16-6-7-17-13;1-2;2-1-3/h2-5,10,13,15H,6-9,14H2,1H3;1-2H3;1H,(H,2,3). The molecular weight excluding hydrogens is 284 g/mol. The van der Waals surface area contributed by atoms with Crippen LogP contribution in [0.2, 0.25) is 0 Å². The van der Waals surface area contributed by atoms with Gasteiger partial charge in [-0.15, -0.1) is 0 Å². The van der Waals surface area contributed by atoms with Gasteiger partial charge in [-0.05, 0) is 31.0 Å². The lowest BCUT2D eigenvalue weighted by Crippen LogP contribution is -2.20. The second-order valence-corrected chi connectivity index (χ2v) is 4.54. The molecule has 1 atom stereocenters.